The number of carbonyl (C=O) groups is 1. The van der Waals surface area contributed by atoms with E-state index in [2.05, 4.69) is 5.32 Å². The van der Waals surface area contributed by atoms with Gasteiger partial charge in [0.2, 0.25) is 5.91 Å². The van der Waals surface area contributed by atoms with Crippen LogP contribution < -0.4 is 11.1 Å². The lowest BCUT2D eigenvalue weighted by molar-refractivity contribution is -0.124. The summed E-state index contributed by atoms with van der Waals surface area (Å²) < 4.78 is 0. The molecule has 2 fully saturated rings. The molecule has 2 atom stereocenters. The van der Waals surface area contributed by atoms with Gasteiger partial charge in [-0.05, 0) is 24.8 Å². The van der Waals surface area contributed by atoms with Crippen LogP contribution in [0.25, 0.3) is 0 Å². The number of hydrogen-bond acceptors (Lipinski definition) is 2. The van der Waals surface area contributed by atoms with Crippen LogP contribution in [0.2, 0.25) is 0 Å². The number of nitrogens with two attached hydrogens (primary N) is 1. The Morgan fingerprint density at radius 1 is 1.21 bits per heavy atom. The van der Waals surface area contributed by atoms with Gasteiger partial charge in [0, 0.05) is 6.54 Å². The van der Waals surface area contributed by atoms with Gasteiger partial charge in [-0.25, -0.2) is 0 Å². The van der Waals surface area contributed by atoms with Crippen LogP contribution >= 0.6 is 0 Å². The topological polar surface area (TPSA) is 55.1 Å². The standard InChI is InChI=1S/C11H20N2O/c12-11(14)10-7-13-6-5-9(10)8-3-1-2-4-8/h8-10,13H,1-7H2,(H2,12,14). The van der Waals surface area contributed by atoms with E-state index in [1.807, 2.05) is 0 Å². The Kier molecular flexibility index (Phi) is 3.06. The van der Waals surface area contributed by atoms with Gasteiger partial charge in [-0.2, -0.15) is 0 Å². The van der Waals surface area contributed by atoms with Crippen LogP contribution in [-0.2, 0) is 4.79 Å². The van der Waals surface area contributed by atoms with Crippen molar-refractivity contribution in [1.29, 1.82) is 0 Å². The van der Waals surface area contributed by atoms with Crippen molar-refractivity contribution >= 4 is 5.91 Å². The molecule has 3 N–H and O–H groups in total. The van der Waals surface area contributed by atoms with Crippen LogP contribution in [0.1, 0.15) is 32.1 Å². The van der Waals surface area contributed by atoms with Gasteiger partial charge < -0.3 is 11.1 Å². The van der Waals surface area contributed by atoms with Gasteiger partial charge in [0.05, 0.1) is 5.92 Å². The number of amides is 1. The fourth-order valence-corrected chi connectivity index (χ4v) is 3.14. The van der Waals surface area contributed by atoms with E-state index in [1.165, 1.54) is 25.7 Å². The summed E-state index contributed by atoms with van der Waals surface area (Å²) >= 11 is 0. The van der Waals surface area contributed by atoms with Crippen LogP contribution in [0.15, 0.2) is 0 Å². The predicted molar refractivity (Wildman–Crippen MR) is 55.6 cm³/mol. The lowest BCUT2D eigenvalue weighted by Gasteiger charge is -2.34. The molecule has 0 radical (unpaired) electrons. The van der Waals surface area contributed by atoms with E-state index in [0.29, 0.717) is 5.92 Å². The van der Waals surface area contributed by atoms with Gasteiger partial charge in [0.15, 0.2) is 0 Å². The summed E-state index contributed by atoms with van der Waals surface area (Å²) in [4.78, 5) is 11.3. The highest BCUT2D eigenvalue weighted by atomic mass is 16.1. The Labute approximate surface area is 85.4 Å². The molecule has 1 saturated heterocycles. The van der Waals surface area contributed by atoms with E-state index in [0.717, 1.165) is 25.4 Å². The van der Waals surface area contributed by atoms with Crippen molar-refractivity contribution in [2.45, 2.75) is 32.1 Å². The Morgan fingerprint density at radius 2 is 1.93 bits per heavy atom. The zero-order valence-corrected chi connectivity index (χ0v) is 8.67. The highest BCUT2D eigenvalue weighted by Gasteiger charge is 2.35. The van der Waals surface area contributed by atoms with Crippen molar-refractivity contribution in [3.63, 3.8) is 0 Å². The maximum absolute atomic E-state index is 11.3. The Morgan fingerprint density at radius 3 is 2.57 bits per heavy atom. The molecular formula is C11H20N2O. The smallest absolute Gasteiger partial charge is 0.222 e. The van der Waals surface area contributed by atoms with Crippen LogP contribution in [0.4, 0.5) is 0 Å². The molecule has 2 unspecified atom stereocenters. The fraction of sp³-hybridized carbons (Fsp3) is 0.909. The van der Waals surface area contributed by atoms with Crippen molar-refractivity contribution in [2.75, 3.05) is 13.1 Å². The van der Waals surface area contributed by atoms with Crippen LogP contribution in [0, 0.1) is 17.8 Å². The van der Waals surface area contributed by atoms with Crippen molar-refractivity contribution in [1.82, 2.24) is 5.32 Å². The van der Waals surface area contributed by atoms with Crippen LogP contribution in [0.3, 0.4) is 0 Å². The van der Waals surface area contributed by atoms with Crippen LogP contribution in [0.5, 0.6) is 0 Å². The summed E-state index contributed by atoms with van der Waals surface area (Å²) in [5.41, 5.74) is 5.45. The van der Waals surface area contributed by atoms with Gasteiger partial charge in [-0.3, -0.25) is 4.79 Å². The van der Waals surface area contributed by atoms with Crippen LogP contribution in [-0.4, -0.2) is 19.0 Å². The Bertz CT molecular complexity index is 211. The third kappa shape index (κ3) is 1.92. The average Bonchev–Trinajstić information content (AvgIpc) is 2.70. The van der Waals surface area contributed by atoms with E-state index < -0.39 is 0 Å². The fourth-order valence-electron chi connectivity index (χ4n) is 3.14. The summed E-state index contributed by atoms with van der Waals surface area (Å²) in [7, 11) is 0. The molecular weight excluding hydrogens is 176 g/mol. The Balaban J connectivity index is 2.01. The zero-order valence-electron chi connectivity index (χ0n) is 8.67. The molecule has 2 aliphatic rings. The molecule has 1 aliphatic carbocycles. The number of hydrogen-bond donors (Lipinski definition) is 2. The lowest BCUT2D eigenvalue weighted by Crippen LogP contribution is -2.45. The van der Waals surface area contributed by atoms with E-state index >= 15 is 0 Å². The molecule has 0 aromatic carbocycles. The normalized spacial score (nSPS) is 34.6. The zero-order chi connectivity index (χ0) is 9.97. The predicted octanol–water partition coefficient (Wildman–Crippen LogP) is 0.888. The molecule has 3 nitrogen and oxygen atoms in total. The molecule has 80 valence electrons. The summed E-state index contributed by atoms with van der Waals surface area (Å²) in [6.07, 6.45) is 6.46. The Hall–Kier alpha value is -0.570. The molecule has 0 aromatic heterocycles. The minimum absolute atomic E-state index is 0.0897. The molecule has 1 aliphatic heterocycles. The number of piperidine rings is 1. The number of nitrogens with one attached hydrogen (secondary N) is 1. The molecule has 0 aromatic rings. The van der Waals surface area contributed by atoms with E-state index in [9.17, 15) is 4.79 Å². The number of rotatable bonds is 2. The molecule has 1 amide bonds. The monoisotopic (exact) mass is 196 g/mol. The van der Waals surface area contributed by atoms with Crippen molar-refractivity contribution in [2.24, 2.45) is 23.5 Å². The minimum atomic E-state index is -0.103. The van der Waals surface area contributed by atoms with Gasteiger partial charge in [-0.1, -0.05) is 25.7 Å². The van der Waals surface area contributed by atoms with Gasteiger partial charge >= 0.3 is 0 Å². The first-order valence-corrected chi connectivity index (χ1v) is 5.79. The van der Waals surface area contributed by atoms with Crippen molar-refractivity contribution < 1.29 is 4.79 Å². The summed E-state index contributed by atoms with van der Waals surface area (Å²) in [6, 6.07) is 0. The summed E-state index contributed by atoms with van der Waals surface area (Å²) in [5.74, 6) is 1.33. The van der Waals surface area contributed by atoms with Gasteiger partial charge in [0.1, 0.15) is 0 Å². The first-order valence-electron chi connectivity index (χ1n) is 5.79. The second-order valence-electron chi connectivity index (χ2n) is 4.71. The number of carbonyl (C=O) groups excluding carboxylic acids is 1. The van der Waals surface area contributed by atoms with Gasteiger partial charge in [0.25, 0.3) is 0 Å². The lowest BCUT2D eigenvalue weighted by atomic mass is 9.76. The first kappa shape index (κ1) is 9.97. The minimum Gasteiger partial charge on any atom is -0.369 e. The molecule has 0 spiro atoms. The van der Waals surface area contributed by atoms with E-state index in [4.69, 9.17) is 5.73 Å². The van der Waals surface area contributed by atoms with Gasteiger partial charge in [-0.15, -0.1) is 0 Å². The SMILES string of the molecule is NC(=O)C1CNCCC1C1CCCC1. The third-order valence-electron chi connectivity index (χ3n) is 3.91. The van der Waals surface area contributed by atoms with Crippen molar-refractivity contribution in [3.05, 3.63) is 0 Å². The largest absolute Gasteiger partial charge is 0.369 e. The maximum atomic E-state index is 11.3. The average molecular weight is 196 g/mol. The summed E-state index contributed by atoms with van der Waals surface area (Å²) in [6.45, 7) is 1.86. The highest BCUT2D eigenvalue weighted by Crippen LogP contribution is 2.37. The quantitative estimate of drug-likeness (QED) is 0.689. The second-order valence-corrected chi connectivity index (χ2v) is 4.71. The highest BCUT2D eigenvalue weighted by molar-refractivity contribution is 5.77. The van der Waals surface area contributed by atoms with E-state index in [-0.39, 0.29) is 11.8 Å². The maximum Gasteiger partial charge on any atom is 0.222 e. The number of primary amides is 1. The first-order chi connectivity index (χ1) is 6.79. The third-order valence-corrected chi connectivity index (χ3v) is 3.91. The molecule has 0 bridgehead atoms. The molecule has 14 heavy (non-hydrogen) atoms. The molecule has 2 rings (SSSR count). The second kappa shape index (κ2) is 4.30. The van der Waals surface area contributed by atoms with Crippen molar-refractivity contribution in [3.8, 4) is 0 Å². The summed E-state index contributed by atoms with van der Waals surface area (Å²) in [5, 5.41) is 3.27. The van der Waals surface area contributed by atoms with E-state index in [1.54, 1.807) is 0 Å². The molecule has 1 heterocycles. The molecule has 1 saturated carbocycles. The molecule has 3 heteroatoms.